The average molecular weight is 236 g/mol. The molecule has 0 spiro atoms. The van der Waals surface area contributed by atoms with E-state index in [1.165, 1.54) is 24.9 Å². The third kappa shape index (κ3) is 3.30. The highest BCUT2D eigenvalue weighted by molar-refractivity contribution is 5.04. The first kappa shape index (κ1) is 12.6. The highest BCUT2D eigenvalue weighted by atomic mass is 15.3. The molecule has 1 aliphatic rings. The molecule has 2 rings (SSSR count). The Labute approximate surface area is 104 Å². The molecular formula is C13H24N4. The van der Waals surface area contributed by atoms with E-state index >= 15 is 0 Å². The van der Waals surface area contributed by atoms with Crippen LogP contribution < -0.4 is 5.32 Å². The summed E-state index contributed by atoms with van der Waals surface area (Å²) in [6.07, 6.45) is 6.78. The number of hydrogen-bond acceptors (Lipinski definition) is 3. The number of likely N-dealkylation sites (N-methyl/N-ethyl adjacent to an activating group) is 1. The largest absolute Gasteiger partial charge is 0.316 e. The Morgan fingerprint density at radius 2 is 2.35 bits per heavy atom. The van der Waals surface area contributed by atoms with Gasteiger partial charge in [0.2, 0.25) is 0 Å². The molecule has 17 heavy (non-hydrogen) atoms. The van der Waals surface area contributed by atoms with Crippen molar-refractivity contribution >= 4 is 0 Å². The number of nitrogens with one attached hydrogen (secondary N) is 1. The van der Waals surface area contributed by atoms with Crippen molar-refractivity contribution in [1.82, 2.24) is 20.0 Å². The van der Waals surface area contributed by atoms with Gasteiger partial charge in [0.05, 0.1) is 6.20 Å². The zero-order chi connectivity index (χ0) is 12.3. The number of piperidine rings is 1. The maximum absolute atomic E-state index is 4.39. The van der Waals surface area contributed by atoms with E-state index in [1.54, 1.807) is 0 Å². The maximum atomic E-state index is 4.39. The molecule has 4 nitrogen and oxygen atoms in total. The lowest BCUT2D eigenvalue weighted by molar-refractivity contribution is 0.188. The highest BCUT2D eigenvalue weighted by Gasteiger charge is 2.18. The van der Waals surface area contributed by atoms with Crippen LogP contribution in [0.25, 0.3) is 0 Å². The molecule has 0 saturated carbocycles. The molecule has 1 fully saturated rings. The smallest absolute Gasteiger partial charge is 0.0534 e. The van der Waals surface area contributed by atoms with Crippen LogP contribution in [0.5, 0.6) is 0 Å². The quantitative estimate of drug-likeness (QED) is 0.863. The van der Waals surface area contributed by atoms with Gasteiger partial charge in [-0.05, 0) is 40.3 Å². The average Bonchev–Trinajstić information content (AvgIpc) is 2.78. The Balaban J connectivity index is 1.91. The second kappa shape index (κ2) is 5.65. The van der Waals surface area contributed by atoms with Gasteiger partial charge in [-0.2, -0.15) is 5.10 Å². The number of likely N-dealkylation sites (tertiary alicyclic amines) is 1. The molecule has 1 N–H and O–H groups in total. The summed E-state index contributed by atoms with van der Waals surface area (Å²) in [6.45, 7) is 7.72. The predicted molar refractivity (Wildman–Crippen MR) is 70.0 cm³/mol. The fourth-order valence-electron chi connectivity index (χ4n) is 2.43. The molecule has 0 aliphatic carbocycles. The van der Waals surface area contributed by atoms with E-state index < -0.39 is 0 Å². The van der Waals surface area contributed by atoms with E-state index in [9.17, 15) is 0 Å². The first-order valence-electron chi connectivity index (χ1n) is 6.61. The van der Waals surface area contributed by atoms with Crippen molar-refractivity contribution in [3.8, 4) is 0 Å². The van der Waals surface area contributed by atoms with Crippen LogP contribution in [0.4, 0.5) is 0 Å². The molecular weight excluding hydrogens is 212 g/mol. The molecule has 96 valence electrons. The van der Waals surface area contributed by atoms with Gasteiger partial charge in [-0.15, -0.1) is 0 Å². The fraction of sp³-hybridized carbons (Fsp3) is 0.769. The molecule has 4 heteroatoms. The molecule has 1 aromatic heterocycles. The van der Waals surface area contributed by atoms with E-state index in [-0.39, 0.29) is 0 Å². The summed E-state index contributed by atoms with van der Waals surface area (Å²) in [5, 5.41) is 7.78. The minimum Gasteiger partial charge on any atom is -0.316 e. The zero-order valence-corrected chi connectivity index (χ0v) is 11.2. The molecule has 1 aromatic rings. The Morgan fingerprint density at radius 1 is 1.53 bits per heavy atom. The molecule has 0 amide bonds. The van der Waals surface area contributed by atoms with E-state index in [1.807, 2.05) is 10.9 Å². The Hall–Kier alpha value is -0.870. The summed E-state index contributed by atoms with van der Waals surface area (Å²) in [4.78, 5) is 2.52. The van der Waals surface area contributed by atoms with Gasteiger partial charge >= 0.3 is 0 Å². The summed E-state index contributed by atoms with van der Waals surface area (Å²) >= 11 is 0. The van der Waals surface area contributed by atoms with E-state index in [4.69, 9.17) is 0 Å². The minimum absolute atomic E-state index is 0.454. The lowest BCUT2D eigenvalue weighted by Crippen LogP contribution is -2.43. The Bertz CT molecular complexity index is 345. The van der Waals surface area contributed by atoms with E-state index in [0.717, 1.165) is 13.1 Å². The molecule has 0 aromatic carbocycles. The summed E-state index contributed by atoms with van der Waals surface area (Å²) in [5.41, 5.74) is 1.33. The normalized spacial score (nSPS) is 22.2. The van der Waals surface area contributed by atoms with Crippen LogP contribution in [0.2, 0.25) is 0 Å². The second-order valence-corrected chi connectivity index (χ2v) is 5.29. The third-order valence-electron chi connectivity index (χ3n) is 3.50. The first-order valence-corrected chi connectivity index (χ1v) is 6.61. The SMILES string of the molecule is CNC1CCCN(Cc2cnn(C(C)C)c2)C1. The molecule has 1 atom stereocenters. The van der Waals surface area contributed by atoms with Crippen molar-refractivity contribution in [2.24, 2.45) is 0 Å². The monoisotopic (exact) mass is 236 g/mol. The molecule has 1 saturated heterocycles. The van der Waals surface area contributed by atoms with Crippen LogP contribution >= 0.6 is 0 Å². The molecule has 0 radical (unpaired) electrons. The second-order valence-electron chi connectivity index (χ2n) is 5.29. The maximum Gasteiger partial charge on any atom is 0.0534 e. The lowest BCUT2D eigenvalue weighted by Gasteiger charge is -2.32. The Morgan fingerprint density at radius 3 is 3.00 bits per heavy atom. The van der Waals surface area contributed by atoms with Crippen LogP contribution in [-0.4, -0.2) is 40.9 Å². The van der Waals surface area contributed by atoms with Crippen LogP contribution in [-0.2, 0) is 6.54 Å². The summed E-state index contributed by atoms with van der Waals surface area (Å²) in [5.74, 6) is 0. The lowest BCUT2D eigenvalue weighted by atomic mass is 10.1. The van der Waals surface area contributed by atoms with Gasteiger partial charge in [0.15, 0.2) is 0 Å². The number of aromatic nitrogens is 2. The van der Waals surface area contributed by atoms with Gasteiger partial charge in [-0.3, -0.25) is 9.58 Å². The van der Waals surface area contributed by atoms with Crippen LogP contribution in [0.1, 0.15) is 38.3 Å². The third-order valence-corrected chi connectivity index (χ3v) is 3.50. The Kier molecular flexibility index (Phi) is 4.18. The minimum atomic E-state index is 0.454. The summed E-state index contributed by atoms with van der Waals surface area (Å²) in [7, 11) is 2.06. The van der Waals surface area contributed by atoms with Gasteiger partial charge in [-0.25, -0.2) is 0 Å². The van der Waals surface area contributed by atoms with Crippen molar-refractivity contribution < 1.29 is 0 Å². The van der Waals surface area contributed by atoms with Gasteiger partial charge in [0.1, 0.15) is 0 Å². The number of hydrogen-bond donors (Lipinski definition) is 1. The topological polar surface area (TPSA) is 33.1 Å². The fourth-order valence-corrected chi connectivity index (χ4v) is 2.43. The van der Waals surface area contributed by atoms with Crippen molar-refractivity contribution in [3.05, 3.63) is 18.0 Å². The van der Waals surface area contributed by atoms with Crippen LogP contribution in [0, 0.1) is 0 Å². The first-order chi connectivity index (χ1) is 8.19. The summed E-state index contributed by atoms with van der Waals surface area (Å²) in [6, 6.07) is 1.11. The van der Waals surface area contributed by atoms with Crippen molar-refractivity contribution in [2.75, 3.05) is 20.1 Å². The van der Waals surface area contributed by atoms with E-state index in [0.29, 0.717) is 12.1 Å². The van der Waals surface area contributed by atoms with Crippen molar-refractivity contribution in [2.45, 2.75) is 45.3 Å². The van der Waals surface area contributed by atoms with Crippen LogP contribution in [0.3, 0.4) is 0 Å². The van der Waals surface area contributed by atoms with Crippen molar-refractivity contribution in [3.63, 3.8) is 0 Å². The van der Waals surface area contributed by atoms with Gasteiger partial charge in [0, 0.05) is 36.9 Å². The van der Waals surface area contributed by atoms with Crippen LogP contribution in [0.15, 0.2) is 12.4 Å². The molecule has 0 bridgehead atoms. The number of nitrogens with zero attached hydrogens (tertiary/aromatic N) is 3. The van der Waals surface area contributed by atoms with Gasteiger partial charge in [0.25, 0.3) is 0 Å². The molecule has 2 heterocycles. The summed E-state index contributed by atoms with van der Waals surface area (Å²) < 4.78 is 2.04. The van der Waals surface area contributed by atoms with E-state index in [2.05, 4.69) is 42.4 Å². The van der Waals surface area contributed by atoms with Crippen molar-refractivity contribution in [1.29, 1.82) is 0 Å². The van der Waals surface area contributed by atoms with Gasteiger partial charge in [-0.1, -0.05) is 0 Å². The number of rotatable bonds is 4. The van der Waals surface area contributed by atoms with Gasteiger partial charge < -0.3 is 5.32 Å². The standard InChI is InChI=1S/C13H24N4/c1-11(2)17-9-12(7-15-17)8-16-6-4-5-13(10-16)14-3/h7,9,11,13-14H,4-6,8,10H2,1-3H3. The molecule has 1 aliphatic heterocycles. The molecule has 1 unspecified atom stereocenters. The predicted octanol–water partition coefficient (Wildman–Crippen LogP) is 1.65. The zero-order valence-electron chi connectivity index (χ0n) is 11.2. The highest BCUT2D eigenvalue weighted by Crippen LogP contribution is 2.14.